The number of benzene rings is 3. The number of carbonyl (C=O) groups excluding carboxylic acids is 2. The summed E-state index contributed by atoms with van der Waals surface area (Å²) < 4.78 is 10.8. The predicted molar refractivity (Wildman–Crippen MR) is 128 cm³/mol. The summed E-state index contributed by atoms with van der Waals surface area (Å²) >= 11 is 0. The van der Waals surface area contributed by atoms with Crippen LogP contribution in [-0.2, 0) is 16.1 Å². The summed E-state index contributed by atoms with van der Waals surface area (Å²) in [5.41, 5.74) is 4.81. The van der Waals surface area contributed by atoms with Gasteiger partial charge < -0.3 is 14.8 Å². The van der Waals surface area contributed by atoms with Gasteiger partial charge in [0.1, 0.15) is 17.2 Å². The maximum Gasteiger partial charge on any atom is 0.278 e. The molecule has 168 valence electrons. The van der Waals surface area contributed by atoms with Gasteiger partial charge in [0.15, 0.2) is 0 Å². The lowest BCUT2D eigenvalue weighted by Gasteiger charge is -2.16. The van der Waals surface area contributed by atoms with Gasteiger partial charge in [-0.15, -0.1) is 0 Å². The molecule has 6 nitrogen and oxygen atoms in total. The first kappa shape index (κ1) is 22.1. The quantitative estimate of drug-likeness (QED) is 0.537. The lowest BCUT2D eigenvalue weighted by atomic mass is 10.0. The second kappa shape index (κ2) is 9.20. The molecule has 0 unspecified atom stereocenters. The highest BCUT2D eigenvalue weighted by Gasteiger charge is 2.39. The fraction of sp³-hybridized carbons (Fsp3) is 0.185. The van der Waals surface area contributed by atoms with Crippen molar-refractivity contribution in [2.75, 3.05) is 19.5 Å². The summed E-state index contributed by atoms with van der Waals surface area (Å²) in [5.74, 6) is 0.405. The van der Waals surface area contributed by atoms with E-state index in [-0.39, 0.29) is 24.1 Å². The molecule has 4 rings (SSSR count). The number of ether oxygens (including phenoxy) is 2. The molecule has 1 N–H and O–H groups in total. The van der Waals surface area contributed by atoms with E-state index in [0.29, 0.717) is 28.3 Å². The van der Waals surface area contributed by atoms with Crippen molar-refractivity contribution >= 4 is 23.1 Å². The number of hydrogen-bond donors (Lipinski definition) is 1. The van der Waals surface area contributed by atoms with Crippen LogP contribution < -0.4 is 14.8 Å². The first-order chi connectivity index (χ1) is 15.9. The SMILES string of the molecule is COc1ccc(OC)c(NC2=C(c3ccc(C)cc3)C(=O)N(Cc3ccc(C)cc3)C2=O)c1. The molecule has 3 aromatic carbocycles. The van der Waals surface area contributed by atoms with Gasteiger partial charge in [0.2, 0.25) is 0 Å². The van der Waals surface area contributed by atoms with Crippen LogP contribution in [0.1, 0.15) is 22.3 Å². The van der Waals surface area contributed by atoms with E-state index in [0.717, 1.165) is 16.7 Å². The maximum atomic E-state index is 13.5. The average Bonchev–Trinajstić information content (AvgIpc) is 3.05. The van der Waals surface area contributed by atoms with Gasteiger partial charge in [-0.25, -0.2) is 0 Å². The van der Waals surface area contributed by atoms with E-state index in [1.54, 1.807) is 32.4 Å². The number of imide groups is 1. The zero-order chi connectivity index (χ0) is 23.5. The van der Waals surface area contributed by atoms with Crippen LogP contribution in [0.3, 0.4) is 0 Å². The highest BCUT2D eigenvalue weighted by atomic mass is 16.5. The molecular formula is C27H26N2O4. The Morgan fingerprint density at radius 1 is 0.788 bits per heavy atom. The van der Waals surface area contributed by atoms with Crippen LogP contribution in [0.2, 0.25) is 0 Å². The van der Waals surface area contributed by atoms with Crippen LogP contribution in [0.5, 0.6) is 11.5 Å². The van der Waals surface area contributed by atoms with Gasteiger partial charge in [0.25, 0.3) is 11.8 Å². The van der Waals surface area contributed by atoms with Crippen molar-refractivity contribution in [2.45, 2.75) is 20.4 Å². The predicted octanol–water partition coefficient (Wildman–Crippen LogP) is 4.71. The second-order valence-corrected chi connectivity index (χ2v) is 7.99. The number of hydrogen-bond acceptors (Lipinski definition) is 5. The maximum absolute atomic E-state index is 13.5. The number of nitrogens with zero attached hydrogens (tertiary/aromatic N) is 1. The Hall–Kier alpha value is -4.06. The largest absolute Gasteiger partial charge is 0.497 e. The number of anilines is 1. The molecule has 0 spiro atoms. The molecule has 1 heterocycles. The van der Waals surface area contributed by atoms with Crippen LogP contribution in [0, 0.1) is 13.8 Å². The molecule has 0 radical (unpaired) electrons. The standard InChI is InChI=1S/C27H26N2O4/c1-17-5-9-19(10-6-17)16-29-26(30)24(20-11-7-18(2)8-12-20)25(27(29)31)28-22-15-21(32-3)13-14-23(22)33-4/h5-15,28H,16H2,1-4H3. The first-order valence-electron chi connectivity index (χ1n) is 10.6. The fourth-order valence-electron chi connectivity index (χ4n) is 3.75. The smallest absolute Gasteiger partial charge is 0.278 e. The van der Waals surface area contributed by atoms with Crippen molar-refractivity contribution in [3.63, 3.8) is 0 Å². The summed E-state index contributed by atoms with van der Waals surface area (Å²) in [6.45, 7) is 4.16. The second-order valence-electron chi connectivity index (χ2n) is 7.99. The van der Waals surface area contributed by atoms with Gasteiger partial charge in [0.05, 0.1) is 32.0 Å². The first-order valence-corrected chi connectivity index (χ1v) is 10.6. The van der Waals surface area contributed by atoms with Gasteiger partial charge in [-0.2, -0.15) is 0 Å². The molecule has 0 saturated carbocycles. The Morgan fingerprint density at radius 3 is 2.03 bits per heavy atom. The number of amides is 2. The topological polar surface area (TPSA) is 67.9 Å². The lowest BCUT2D eigenvalue weighted by Crippen LogP contribution is -2.32. The highest BCUT2D eigenvalue weighted by molar-refractivity contribution is 6.36. The highest BCUT2D eigenvalue weighted by Crippen LogP contribution is 2.35. The Labute approximate surface area is 193 Å². The minimum Gasteiger partial charge on any atom is -0.497 e. The van der Waals surface area contributed by atoms with Gasteiger partial charge in [-0.05, 0) is 37.1 Å². The van der Waals surface area contributed by atoms with Crippen molar-refractivity contribution in [1.29, 1.82) is 0 Å². The van der Waals surface area contributed by atoms with Crippen molar-refractivity contribution in [2.24, 2.45) is 0 Å². The molecule has 2 amide bonds. The lowest BCUT2D eigenvalue weighted by molar-refractivity contribution is -0.137. The number of rotatable bonds is 7. The molecule has 1 aliphatic heterocycles. The molecule has 1 aliphatic rings. The van der Waals surface area contributed by atoms with Crippen molar-refractivity contribution in [3.05, 3.63) is 94.7 Å². The molecule has 0 fully saturated rings. The normalized spacial score (nSPS) is 13.5. The van der Waals surface area contributed by atoms with Gasteiger partial charge in [-0.3, -0.25) is 14.5 Å². The fourth-order valence-corrected chi connectivity index (χ4v) is 3.75. The molecule has 0 aromatic heterocycles. The minimum atomic E-state index is -0.388. The Balaban J connectivity index is 1.77. The van der Waals surface area contributed by atoms with E-state index in [1.807, 2.05) is 62.4 Å². The van der Waals surface area contributed by atoms with E-state index in [1.165, 1.54) is 4.90 Å². The number of nitrogens with one attached hydrogen (secondary N) is 1. The van der Waals surface area contributed by atoms with E-state index in [9.17, 15) is 9.59 Å². The van der Waals surface area contributed by atoms with Crippen LogP contribution in [0.4, 0.5) is 5.69 Å². The number of aryl methyl sites for hydroxylation is 2. The summed E-state index contributed by atoms with van der Waals surface area (Å²) in [4.78, 5) is 28.3. The molecule has 0 atom stereocenters. The van der Waals surface area contributed by atoms with E-state index in [2.05, 4.69) is 5.32 Å². The van der Waals surface area contributed by atoms with Crippen molar-refractivity contribution in [1.82, 2.24) is 4.90 Å². The zero-order valence-corrected chi connectivity index (χ0v) is 19.1. The van der Waals surface area contributed by atoms with Crippen LogP contribution >= 0.6 is 0 Å². The minimum absolute atomic E-state index is 0.188. The average molecular weight is 443 g/mol. The molecular weight excluding hydrogens is 416 g/mol. The van der Waals surface area contributed by atoms with E-state index >= 15 is 0 Å². The summed E-state index contributed by atoms with van der Waals surface area (Å²) in [7, 11) is 3.11. The van der Waals surface area contributed by atoms with Gasteiger partial charge in [-0.1, -0.05) is 59.7 Å². The third-order valence-electron chi connectivity index (χ3n) is 5.64. The van der Waals surface area contributed by atoms with Gasteiger partial charge in [0, 0.05) is 6.07 Å². The Morgan fingerprint density at radius 2 is 1.42 bits per heavy atom. The molecule has 0 saturated heterocycles. The van der Waals surface area contributed by atoms with E-state index < -0.39 is 0 Å². The zero-order valence-electron chi connectivity index (χ0n) is 19.1. The number of carbonyl (C=O) groups is 2. The third-order valence-corrected chi connectivity index (χ3v) is 5.64. The van der Waals surface area contributed by atoms with Crippen molar-refractivity contribution in [3.8, 4) is 11.5 Å². The summed E-state index contributed by atoms with van der Waals surface area (Å²) in [6, 6.07) is 20.6. The molecule has 6 heteroatoms. The summed E-state index contributed by atoms with van der Waals surface area (Å²) in [5, 5.41) is 3.17. The summed E-state index contributed by atoms with van der Waals surface area (Å²) in [6.07, 6.45) is 0. The molecule has 0 aliphatic carbocycles. The van der Waals surface area contributed by atoms with Gasteiger partial charge >= 0.3 is 0 Å². The molecule has 3 aromatic rings. The third kappa shape index (κ3) is 4.46. The van der Waals surface area contributed by atoms with E-state index in [4.69, 9.17) is 9.47 Å². The van der Waals surface area contributed by atoms with Crippen LogP contribution in [0.15, 0.2) is 72.4 Å². The molecule has 33 heavy (non-hydrogen) atoms. The monoisotopic (exact) mass is 442 g/mol. The number of methoxy groups -OCH3 is 2. The Kier molecular flexibility index (Phi) is 6.18. The van der Waals surface area contributed by atoms with Crippen LogP contribution in [-0.4, -0.2) is 30.9 Å². The molecule has 0 bridgehead atoms. The Bertz CT molecular complexity index is 1230. The van der Waals surface area contributed by atoms with Crippen LogP contribution in [0.25, 0.3) is 5.57 Å². The van der Waals surface area contributed by atoms with Crippen molar-refractivity contribution < 1.29 is 19.1 Å².